The van der Waals surface area contributed by atoms with E-state index in [0.717, 1.165) is 24.3 Å². The summed E-state index contributed by atoms with van der Waals surface area (Å²) in [7, 11) is 1.66. The number of thiophene rings is 1. The van der Waals surface area contributed by atoms with E-state index in [2.05, 4.69) is 10.1 Å². The second-order valence-corrected chi connectivity index (χ2v) is 7.06. The molecule has 7 nitrogen and oxygen atoms in total. The Kier molecular flexibility index (Phi) is 4.14. The molecular formula is C17H19N5O2S. The van der Waals surface area contributed by atoms with Crippen molar-refractivity contribution < 1.29 is 9.53 Å². The summed E-state index contributed by atoms with van der Waals surface area (Å²) in [5, 5.41) is 6.46. The number of likely N-dealkylation sites (tertiary alicyclic amines) is 1. The van der Waals surface area contributed by atoms with Crippen LogP contribution in [0.1, 0.15) is 23.2 Å². The highest BCUT2D eigenvalue weighted by Crippen LogP contribution is 2.25. The van der Waals surface area contributed by atoms with Crippen LogP contribution in [0.3, 0.4) is 0 Å². The van der Waals surface area contributed by atoms with Crippen LogP contribution in [0.15, 0.2) is 29.8 Å². The third-order valence-electron chi connectivity index (χ3n) is 4.45. The Labute approximate surface area is 149 Å². The van der Waals surface area contributed by atoms with E-state index >= 15 is 0 Å². The first-order chi connectivity index (χ1) is 12.2. The van der Waals surface area contributed by atoms with Crippen LogP contribution < -0.4 is 5.73 Å². The Hall–Kier alpha value is -2.45. The lowest BCUT2D eigenvalue weighted by atomic mass is 10.2. The van der Waals surface area contributed by atoms with Gasteiger partial charge in [-0.1, -0.05) is 6.07 Å². The minimum atomic E-state index is -0.0404. The molecule has 1 saturated heterocycles. The van der Waals surface area contributed by atoms with Crippen LogP contribution in [0.5, 0.6) is 0 Å². The Balaban J connectivity index is 1.69. The minimum absolute atomic E-state index is 0.0404. The summed E-state index contributed by atoms with van der Waals surface area (Å²) in [5.74, 6) is 0.575. The number of carbonyl (C=O) groups is 1. The number of anilines is 1. The first-order valence-corrected chi connectivity index (χ1v) is 9.05. The van der Waals surface area contributed by atoms with Crippen molar-refractivity contribution in [2.75, 3.05) is 26.0 Å². The lowest BCUT2D eigenvalue weighted by Gasteiger charge is -2.24. The standard InChI is InChI=1S/C17H19N5O2S/c1-24-10-12-4-2-6-21(12)17(23)11-8-13(18)16-19-15(20-22(16)9-11)14-5-3-7-25-14/h3,5,7-9,12H,2,4,6,10,18H2,1H3/t12-/m1/s1. The van der Waals surface area contributed by atoms with Crippen molar-refractivity contribution in [3.8, 4) is 10.7 Å². The molecule has 0 aliphatic carbocycles. The Bertz CT molecular complexity index is 905. The van der Waals surface area contributed by atoms with Gasteiger partial charge in [0.1, 0.15) is 0 Å². The van der Waals surface area contributed by atoms with Gasteiger partial charge in [0.25, 0.3) is 5.91 Å². The predicted octanol–water partition coefficient (Wildman–Crippen LogP) is 2.29. The maximum atomic E-state index is 12.9. The van der Waals surface area contributed by atoms with Gasteiger partial charge in [-0.2, -0.15) is 0 Å². The predicted molar refractivity (Wildman–Crippen MR) is 96.6 cm³/mol. The number of aromatic nitrogens is 3. The summed E-state index contributed by atoms with van der Waals surface area (Å²) in [6.45, 7) is 1.29. The van der Waals surface area contributed by atoms with Crippen LogP contribution in [0.4, 0.5) is 5.69 Å². The second-order valence-electron chi connectivity index (χ2n) is 6.11. The smallest absolute Gasteiger partial charge is 0.255 e. The van der Waals surface area contributed by atoms with Crippen molar-refractivity contribution in [2.45, 2.75) is 18.9 Å². The van der Waals surface area contributed by atoms with Gasteiger partial charge in [-0.15, -0.1) is 16.4 Å². The molecule has 0 saturated carbocycles. The Morgan fingerprint density at radius 3 is 3.16 bits per heavy atom. The lowest BCUT2D eigenvalue weighted by Crippen LogP contribution is -2.38. The van der Waals surface area contributed by atoms with Crippen molar-refractivity contribution in [2.24, 2.45) is 0 Å². The lowest BCUT2D eigenvalue weighted by molar-refractivity contribution is 0.0630. The number of hydrogen-bond donors (Lipinski definition) is 1. The maximum Gasteiger partial charge on any atom is 0.255 e. The maximum absolute atomic E-state index is 12.9. The number of carbonyl (C=O) groups excluding carboxylic acids is 1. The molecular weight excluding hydrogens is 338 g/mol. The zero-order valence-electron chi connectivity index (χ0n) is 13.9. The zero-order chi connectivity index (χ0) is 17.4. The molecule has 1 aliphatic heterocycles. The van der Waals surface area contributed by atoms with E-state index < -0.39 is 0 Å². The van der Waals surface area contributed by atoms with Crippen LogP contribution >= 0.6 is 11.3 Å². The van der Waals surface area contributed by atoms with Crippen molar-refractivity contribution in [1.82, 2.24) is 19.5 Å². The molecule has 3 aromatic rings. The summed E-state index contributed by atoms with van der Waals surface area (Å²) < 4.78 is 6.83. The van der Waals surface area contributed by atoms with Gasteiger partial charge in [0.05, 0.1) is 28.8 Å². The highest BCUT2D eigenvalue weighted by atomic mass is 32.1. The molecule has 1 atom stereocenters. The van der Waals surface area contributed by atoms with Crippen molar-refractivity contribution >= 4 is 28.6 Å². The van der Waals surface area contributed by atoms with Crippen molar-refractivity contribution in [3.05, 3.63) is 35.3 Å². The molecule has 1 fully saturated rings. The number of pyridine rings is 1. The molecule has 2 N–H and O–H groups in total. The highest BCUT2D eigenvalue weighted by Gasteiger charge is 2.30. The molecule has 0 spiro atoms. The molecule has 25 heavy (non-hydrogen) atoms. The minimum Gasteiger partial charge on any atom is -0.396 e. The zero-order valence-corrected chi connectivity index (χ0v) is 14.7. The third-order valence-corrected chi connectivity index (χ3v) is 5.31. The van der Waals surface area contributed by atoms with Crippen molar-refractivity contribution in [1.29, 1.82) is 0 Å². The second kappa shape index (κ2) is 6.45. The number of nitrogen functional groups attached to an aromatic ring is 1. The average molecular weight is 357 g/mol. The van der Waals surface area contributed by atoms with Gasteiger partial charge in [-0.3, -0.25) is 4.79 Å². The topological polar surface area (TPSA) is 85.8 Å². The summed E-state index contributed by atoms with van der Waals surface area (Å²) in [6, 6.07) is 5.72. The van der Waals surface area contributed by atoms with Gasteiger partial charge in [-0.25, -0.2) is 9.50 Å². The third kappa shape index (κ3) is 2.87. The van der Waals surface area contributed by atoms with Crippen molar-refractivity contribution in [3.63, 3.8) is 0 Å². The van der Waals surface area contributed by atoms with E-state index in [1.54, 1.807) is 35.2 Å². The Morgan fingerprint density at radius 2 is 2.40 bits per heavy atom. The number of nitrogens with two attached hydrogens (primary N) is 1. The van der Waals surface area contributed by atoms with E-state index in [9.17, 15) is 4.79 Å². The van der Waals surface area contributed by atoms with E-state index in [1.165, 1.54) is 0 Å². The number of nitrogens with zero attached hydrogens (tertiary/aromatic N) is 4. The summed E-state index contributed by atoms with van der Waals surface area (Å²) in [5.41, 5.74) is 7.67. The molecule has 0 aromatic carbocycles. The number of ether oxygens (including phenoxy) is 1. The number of hydrogen-bond acceptors (Lipinski definition) is 6. The van der Waals surface area contributed by atoms with Gasteiger partial charge in [-0.05, 0) is 30.4 Å². The monoisotopic (exact) mass is 357 g/mol. The molecule has 0 bridgehead atoms. The van der Waals surface area contributed by atoms with Gasteiger partial charge in [0, 0.05) is 19.9 Å². The first-order valence-electron chi connectivity index (χ1n) is 8.17. The molecule has 4 rings (SSSR count). The van der Waals surface area contributed by atoms with Crippen LogP contribution in [0, 0.1) is 0 Å². The first kappa shape index (κ1) is 16.0. The number of methoxy groups -OCH3 is 1. The molecule has 0 unspecified atom stereocenters. The number of amides is 1. The molecule has 130 valence electrons. The van der Waals surface area contributed by atoms with Crippen LogP contribution in [-0.2, 0) is 4.74 Å². The fourth-order valence-corrected chi connectivity index (χ4v) is 3.93. The van der Waals surface area contributed by atoms with E-state index in [1.807, 2.05) is 22.4 Å². The molecule has 8 heteroatoms. The fourth-order valence-electron chi connectivity index (χ4n) is 3.27. The van der Waals surface area contributed by atoms with Crippen LogP contribution in [0.2, 0.25) is 0 Å². The normalized spacial score (nSPS) is 17.5. The van der Waals surface area contributed by atoms with Gasteiger partial charge < -0.3 is 15.4 Å². The fraction of sp³-hybridized carbons (Fsp3) is 0.353. The molecule has 0 radical (unpaired) electrons. The van der Waals surface area contributed by atoms with Gasteiger partial charge in [0.2, 0.25) is 0 Å². The summed E-state index contributed by atoms with van der Waals surface area (Å²) in [6.07, 6.45) is 3.66. The molecule has 1 amide bonds. The summed E-state index contributed by atoms with van der Waals surface area (Å²) >= 11 is 1.57. The number of fused-ring (bicyclic) bond motifs is 1. The van der Waals surface area contributed by atoms with E-state index in [4.69, 9.17) is 10.5 Å². The quantitative estimate of drug-likeness (QED) is 0.774. The molecule has 4 heterocycles. The largest absolute Gasteiger partial charge is 0.396 e. The van der Waals surface area contributed by atoms with E-state index in [-0.39, 0.29) is 11.9 Å². The number of rotatable bonds is 4. The Morgan fingerprint density at radius 1 is 1.52 bits per heavy atom. The molecule has 1 aliphatic rings. The van der Waals surface area contributed by atoms with Gasteiger partial charge >= 0.3 is 0 Å². The average Bonchev–Trinajstić information content (AvgIpc) is 3.34. The van der Waals surface area contributed by atoms with E-state index in [0.29, 0.717) is 29.3 Å². The summed E-state index contributed by atoms with van der Waals surface area (Å²) in [4.78, 5) is 20.2. The van der Waals surface area contributed by atoms with Crippen LogP contribution in [0.25, 0.3) is 16.3 Å². The highest BCUT2D eigenvalue weighted by molar-refractivity contribution is 7.13. The SMILES string of the molecule is COC[C@H]1CCCN1C(=O)c1cc(N)c2nc(-c3cccs3)nn2c1. The van der Waals surface area contributed by atoms with Crippen LogP contribution in [-0.4, -0.2) is 51.7 Å². The molecule has 3 aromatic heterocycles. The van der Waals surface area contributed by atoms with Gasteiger partial charge in [0.15, 0.2) is 11.5 Å².